The van der Waals surface area contributed by atoms with E-state index in [1.165, 1.54) is 4.90 Å². The minimum Gasteiger partial charge on any atom is -0.410 e. The van der Waals surface area contributed by atoms with Crippen molar-refractivity contribution in [2.24, 2.45) is 11.1 Å². The third kappa shape index (κ3) is 3.16. The highest BCUT2D eigenvalue weighted by molar-refractivity contribution is 6.54. The van der Waals surface area contributed by atoms with Crippen LogP contribution in [0, 0.1) is 5.92 Å². The Morgan fingerprint density at radius 2 is 1.58 bits per heavy atom. The van der Waals surface area contributed by atoms with E-state index in [-0.39, 0.29) is 17.8 Å². The van der Waals surface area contributed by atoms with Crippen LogP contribution in [-0.4, -0.2) is 45.6 Å². The normalized spacial score (nSPS) is 28.6. The molecule has 0 spiro atoms. The number of likely N-dealkylation sites (tertiary alicyclic amines) is 1. The minimum atomic E-state index is -1.30. The second kappa shape index (κ2) is 7.32. The number of rotatable bonds is 3. The molecule has 2 saturated carbocycles. The lowest BCUT2D eigenvalue weighted by Gasteiger charge is -2.29. The van der Waals surface area contributed by atoms with Crippen molar-refractivity contribution in [3.63, 3.8) is 0 Å². The quantitative estimate of drug-likeness (QED) is 0.354. The van der Waals surface area contributed by atoms with Crippen molar-refractivity contribution < 1.29 is 19.6 Å². The molecule has 0 radical (unpaired) electrons. The van der Waals surface area contributed by atoms with Gasteiger partial charge in [-0.3, -0.25) is 19.3 Å². The van der Waals surface area contributed by atoms with Gasteiger partial charge in [-0.25, -0.2) is 0 Å². The molecule has 1 saturated heterocycles. The summed E-state index contributed by atoms with van der Waals surface area (Å²) in [6.07, 6.45) is 9.58. The number of carbonyl (C=O) groups excluding carboxylic acids is 3. The van der Waals surface area contributed by atoms with E-state index in [4.69, 9.17) is 0 Å². The lowest BCUT2D eigenvalue weighted by Crippen LogP contribution is -2.45. The summed E-state index contributed by atoms with van der Waals surface area (Å²) in [5.41, 5.74) is -0.334. The molecule has 2 N–H and O–H groups in total. The lowest BCUT2D eigenvalue weighted by atomic mass is 9.94. The van der Waals surface area contributed by atoms with Gasteiger partial charge in [0.2, 0.25) is 11.8 Å². The maximum atomic E-state index is 12.7. The van der Waals surface area contributed by atoms with Crippen molar-refractivity contribution in [2.75, 3.05) is 0 Å². The summed E-state index contributed by atoms with van der Waals surface area (Å²) in [6.45, 7) is 0. The Hall–Kier alpha value is -1.92. The van der Waals surface area contributed by atoms with Gasteiger partial charge < -0.3 is 10.5 Å². The molecule has 3 amide bonds. The largest absolute Gasteiger partial charge is 0.410 e. The number of hydrogen-bond donors (Lipinski definition) is 2. The van der Waals surface area contributed by atoms with Gasteiger partial charge in [0.25, 0.3) is 5.91 Å². The Morgan fingerprint density at radius 1 is 1.00 bits per heavy atom. The zero-order valence-corrected chi connectivity index (χ0v) is 13.9. The average Bonchev–Trinajstić information content (AvgIpc) is 2.86. The third-order valence-corrected chi connectivity index (χ3v) is 5.46. The maximum Gasteiger partial charge on any atom is 0.279 e. The van der Waals surface area contributed by atoms with Crippen LogP contribution in [0.25, 0.3) is 0 Å². The number of oxime groups is 1. The topological polar surface area (TPSA) is 99.1 Å². The highest BCUT2D eigenvalue weighted by Gasteiger charge is 2.52. The first kappa shape index (κ1) is 16.9. The van der Waals surface area contributed by atoms with Crippen molar-refractivity contribution in [3.05, 3.63) is 0 Å². The molecule has 2 aliphatic carbocycles. The van der Waals surface area contributed by atoms with Gasteiger partial charge in [-0.05, 0) is 25.7 Å². The predicted octanol–water partition coefficient (Wildman–Crippen LogP) is 1.58. The van der Waals surface area contributed by atoms with E-state index in [9.17, 15) is 19.6 Å². The maximum absolute atomic E-state index is 12.7. The van der Waals surface area contributed by atoms with E-state index >= 15 is 0 Å². The lowest BCUT2D eigenvalue weighted by molar-refractivity contribution is -0.144. The predicted molar refractivity (Wildman–Crippen MR) is 86.5 cm³/mol. The van der Waals surface area contributed by atoms with Crippen molar-refractivity contribution >= 4 is 23.4 Å². The Labute approximate surface area is 141 Å². The van der Waals surface area contributed by atoms with E-state index < -0.39 is 23.6 Å². The molecular formula is C17H25N3O4. The summed E-state index contributed by atoms with van der Waals surface area (Å²) in [4.78, 5) is 38.9. The first-order valence-electron chi connectivity index (χ1n) is 9.03. The fourth-order valence-electron chi connectivity index (χ4n) is 4.16. The number of carbonyl (C=O) groups is 3. The summed E-state index contributed by atoms with van der Waals surface area (Å²) >= 11 is 0. The molecule has 1 atom stereocenters. The van der Waals surface area contributed by atoms with Gasteiger partial charge in [0.15, 0.2) is 11.6 Å². The fraction of sp³-hybridized carbons (Fsp3) is 0.765. The molecule has 3 fully saturated rings. The smallest absolute Gasteiger partial charge is 0.279 e. The standard InChI is InChI=1S/C17H25N3O4/c21-15(18-11-7-3-1-4-8-11)13-14(19-24)17(23)20(16(13)22)12-9-5-2-6-10-12/h11-13,24H,1-10H2,(H,18,21)/b19-14-/t13-/m1/s1. The second-order valence-corrected chi connectivity index (χ2v) is 7.07. The molecule has 0 aromatic rings. The van der Waals surface area contributed by atoms with Gasteiger partial charge in [-0.1, -0.05) is 43.7 Å². The minimum absolute atomic E-state index is 0.0397. The molecule has 0 bridgehead atoms. The number of imide groups is 1. The number of amides is 3. The van der Waals surface area contributed by atoms with Crippen molar-refractivity contribution in [3.8, 4) is 0 Å². The van der Waals surface area contributed by atoms with Crippen molar-refractivity contribution in [1.82, 2.24) is 10.2 Å². The average molecular weight is 335 g/mol. The summed E-state index contributed by atoms with van der Waals surface area (Å²) in [5, 5.41) is 15.1. The fourth-order valence-corrected chi connectivity index (χ4v) is 4.16. The molecule has 1 aliphatic heterocycles. The molecule has 0 unspecified atom stereocenters. The number of nitrogens with one attached hydrogen (secondary N) is 1. The zero-order chi connectivity index (χ0) is 17.1. The van der Waals surface area contributed by atoms with E-state index in [2.05, 4.69) is 10.5 Å². The first-order chi connectivity index (χ1) is 11.6. The third-order valence-electron chi connectivity index (χ3n) is 5.46. The second-order valence-electron chi connectivity index (χ2n) is 7.07. The summed E-state index contributed by atoms with van der Waals surface area (Å²) in [7, 11) is 0. The van der Waals surface area contributed by atoms with Crippen LogP contribution in [0.5, 0.6) is 0 Å². The van der Waals surface area contributed by atoms with Gasteiger partial charge in [-0.2, -0.15) is 0 Å². The number of nitrogens with zero attached hydrogens (tertiary/aromatic N) is 2. The van der Waals surface area contributed by atoms with Gasteiger partial charge in [-0.15, -0.1) is 0 Å². The Kier molecular flexibility index (Phi) is 5.16. The van der Waals surface area contributed by atoms with Crippen molar-refractivity contribution in [2.45, 2.75) is 76.3 Å². The molecule has 7 nitrogen and oxygen atoms in total. The molecule has 0 aromatic heterocycles. The van der Waals surface area contributed by atoms with E-state index in [0.29, 0.717) is 0 Å². The molecule has 24 heavy (non-hydrogen) atoms. The molecular weight excluding hydrogens is 310 g/mol. The molecule has 3 aliphatic rings. The van der Waals surface area contributed by atoms with Gasteiger partial charge in [0.1, 0.15) is 0 Å². The molecule has 132 valence electrons. The SMILES string of the molecule is O=C(NC1CCCCC1)[C@@H]1C(=O)N(C2CCCCC2)C(=O)/C1=N\O. The van der Waals surface area contributed by atoms with Crippen molar-refractivity contribution in [1.29, 1.82) is 0 Å². The molecule has 1 heterocycles. The summed E-state index contributed by atoms with van der Waals surface area (Å²) in [5.74, 6) is -2.95. The Balaban J connectivity index is 1.74. The van der Waals surface area contributed by atoms with Crippen LogP contribution in [0.2, 0.25) is 0 Å². The van der Waals surface area contributed by atoms with Crippen LogP contribution in [0.15, 0.2) is 5.16 Å². The summed E-state index contributed by atoms with van der Waals surface area (Å²) < 4.78 is 0. The zero-order valence-electron chi connectivity index (χ0n) is 13.9. The number of hydrogen-bond acceptors (Lipinski definition) is 5. The van der Waals surface area contributed by atoms with E-state index in [1.54, 1.807) is 0 Å². The van der Waals surface area contributed by atoms with Crippen LogP contribution >= 0.6 is 0 Å². The van der Waals surface area contributed by atoms with Gasteiger partial charge >= 0.3 is 0 Å². The Morgan fingerprint density at radius 3 is 2.17 bits per heavy atom. The molecule has 0 aromatic carbocycles. The van der Waals surface area contributed by atoms with E-state index in [0.717, 1.165) is 64.2 Å². The molecule has 3 rings (SSSR count). The highest BCUT2D eigenvalue weighted by atomic mass is 16.4. The van der Waals surface area contributed by atoms with Crippen LogP contribution in [-0.2, 0) is 14.4 Å². The van der Waals surface area contributed by atoms with Gasteiger partial charge in [0, 0.05) is 12.1 Å². The summed E-state index contributed by atoms with van der Waals surface area (Å²) in [6, 6.07) is -0.138. The van der Waals surface area contributed by atoms with Crippen LogP contribution in [0.1, 0.15) is 64.2 Å². The molecule has 7 heteroatoms. The monoisotopic (exact) mass is 335 g/mol. The van der Waals surface area contributed by atoms with Crippen LogP contribution in [0.4, 0.5) is 0 Å². The van der Waals surface area contributed by atoms with E-state index in [1.807, 2.05) is 0 Å². The van der Waals surface area contributed by atoms with Crippen LogP contribution in [0.3, 0.4) is 0 Å². The highest BCUT2D eigenvalue weighted by Crippen LogP contribution is 2.29. The van der Waals surface area contributed by atoms with Crippen LogP contribution < -0.4 is 5.32 Å². The van der Waals surface area contributed by atoms with Gasteiger partial charge in [0.05, 0.1) is 0 Å². The first-order valence-corrected chi connectivity index (χ1v) is 9.03. The Bertz CT molecular complexity index is 548.